The Bertz CT molecular complexity index is 1050. The van der Waals surface area contributed by atoms with Gasteiger partial charge in [-0.3, -0.25) is 4.79 Å². The van der Waals surface area contributed by atoms with Crippen molar-refractivity contribution >= 4 is 40.2 Å². The van der Waals surface area contributed by atoms with Gasteiger partial charge >= 0.3 is 0 Å². The number of aromatic nitrogens is 4. The van der Waals surface area contributed by atoms with E-state index in [9.17, 15) is 4.79 Å². The zero-order chi connectivity index (χ0) is 21.1. The van der Waals surface area contributed by atoms with Gasteiger partial charge in [-0.2, -0.15) is 0 Å². The fourth-order valence-corrected chi connectivity index (χ4v) is 4.43. The average molecular weight is 427 g/mol. The molecule has 2 unspecified atom stereocenters. The number of halogens is 1. The summed E-state index contributed by atoms with van der Waals surface area (Å²) in [5.41, 5.74) is 2.41. The van der Waals surface area contributed by atoms with Gasteiger partial charge < -0.3 is 15.2 Å². The molecular formula is C22H27ClN6O. The summed E-state index contributed by atoms with van der Waals surface area (Å²) in [5.74, 6) is 1.80. The molecule has 0 radical (unpaired) electrons. The molecule has 2 N–H and O–H groups in total. The molecule has 158 valence electrons. The first-order chi connectivity index (χ1) is 14.5. The van der Waals surface area contributed by atoms with Crippen LogP contribution < -0.4 is 10.6 Å². The molecule has 2 aromatic heterocycles. The molecule has 1 aromatic carbocycles. The van der Waals surface area contributed by atoms with Crippen LogP contribution in [0.2, 0.25) is 5.02 Å². The fourth-order valence-electron chi connectivity index (χ4n) is 4.24. The summed E-state index contributed by atoms with van der Waals surface area (Å²) >= 11 is 6.15. The minimum atomic E-state index is 0.0237. The van der Waals surface area contributed by atoms with Gasteiger partial charge in [-0.25, -0.2) is 15.0 Å². The smallest absolute Gasteiger partial charge is 0.217 e. The minimum absolute atomic E-state index is 0.0237. The van der Waals surface area contributed by atoms with Crippen molar-refractivity contribution in [3.8, 4) is 0 Å². The molecule has 1 aliphatic rings. The number of imidazole rings is 1. The lowest BCUT2D eigenvalue weighted by atomic mass is 9.82. The molecule has 2 heterocycles. The normalized spacial score (nSPS) is 19.0. The lowest BCUT2D eigenvalue weighted by Gasteiger charge is -2.31. The molecule has 4 rings (SSSR count). The number of amides is 1. The third-order valence-corrected chi connectivity index (χ3v) is 5.92. The summed E-state index contributed by atoms with van der Waals surface area (Å²) in [6.07, 6.45) is 6.91. The molecule has 1 amide bonds. The summed E-state index contributed by atoms with van der Waals surface area (Å²) in [4.78, 5) is 25.9. The molecule has 0 saturated heterocycles. The van der Waals surface area contributed by atoms with E-state index in [-0.39, 0.29) is 11.9 Å². The van der Waals surface area contributed by atoms with Gasteiger partial charge in [-0.1, -0.05) is 30.5 Å². The van der Waals surface area contributed by atoms with Crippen molar-refractivity contribution in [2.24, 2.45) is 5.92 Å². The predicted octanol–water partition coefficient (Wildman–Crippen LogP) is 4.48. The molecule has 8 heteroatoms. The highest BCUT2D eigenvalue weighted by Gasteiger charge is 2.27. The molecule has 3 aromatic rings. The molecule has 0 aliphatic heterocycles. The second-order valence-electron chi connectivity index (χ2n) is 7.88. The fraction of sp³-hybridized carbons (Fsp3) is 0.455. The second-order valence-corrected chi connectivity index (χ2v) is 8.32. The van der Waals surface area contributed by atoms with Crippen LogP contribution in [0.4, 0.5) is 11.5 Å². The molecule has 2 atom stereocenters. The van der Waals surface area contributed by atoms with Crippen molar-refractivity contribution in [1.82, 2.24) is 24.8 Å². The number of carbonyl (C=O) groups is 1. The first-order valence-corrected chi connectivity index (χ1v) is 10.9. The van der Waals surface area contributed by atoms with E-state index in [1.54, 1.807) is 13.3 Å². The molecule has 30 heavy (non-hydrogen) atoms. The van der Waals surface area contributed by atoms with Crippen molar-refractivity contribution in [2.75, 3.05) is 5.32 Å². The molecular weight excluding hydrogens is 400 g/mol. The molecule has 1 fully saturated rings. The van der Waals surface area contributed by atoms with E-state index in [0.717, 1.165) is 54.9 Å². The zero-order valence-corrected chi connectivity index (χ0v) is 18.1. The highest BCUT2D eigenvalue weighted by atomic mass is 35.5. The first kappa shape index (κ1) is 20.6. The zero-order valence-electron chi connectivity index (χ0n) is 17.4. The van der Waals surface area contributed by atoms with Crippen LogP contribution in [0.3, 0.4) is 0 Å². The van der Waals surface area contributed by atoms with Crippen LogP contribution in [0.15, 0.2) is 30.6 Å². The van der Waals surface area contributed by atoms with Crippen LogP contribution >= 0.6 is 11.6 Å². The van der Waals surface area contributed by atoms with Gasteiger partial charge in [0, 0.05) is 36.6 Å². The van der Waals surface area contributed by atoms with E-state index in [1.807, 2.05) is 28.8 Å². The Morgan fingerprint density at radius 2 is 2.10 bits per heavy atom. The molecule has 0 spiro atoms. The van der Waals surface area contributed by atoms with E-state index in [4.69, 9.17) is 21.6 Å². The first-order valence-electron chi connectivity index (χ1n) is 10.5. The maximum absolute atomic E-state index is 11.6. The van der Waals surface area contributed by atoms with E-state index in [1.165, 1.54) is 6.42 Å². The Morgan fingerprint density at radius 3 is 2.87 bits per heavy atom. The van der Waals surface area contributed by atoms with Crippen LogP contribution in [-0.4, -0.2) is 31.5 Å². The number of fused-ring (bicyclic) bond motifs is 1. The maximum Gasteiger partial charge on any atom is 0.217 e. The summed E-state index contributed by atoms with van der Waals surface area (Å²) in [6.45, 7) is 4.43. The Morgan fingerprint density at radius 1 is 1.27 bits per heavy atom. The van der Waals surface area contributed by atoms with Crippen LogP contribution in [-0.2, 0) is 17.8 Å². The number of hydrogen-bond donors (Lipinski definition) is 2. The van der Waals surface area contributed by atoms with E-state index < -0.39 is 0 Å². The van der Waals surface area contributed by atoms with Gasteiger partial charge in [0.15, 0.2) is 17.0 Å². The van der Waals surface area contributed by atoms with Gasteiger partial charge in [0.2, 0.25) is 5.91 Å². The van der Waals surface area contributed by atoms with E-state index in [0.29, 0.717) is 16.8 Å². The highest BCUT2D eigenvalue weighted by molar-refractivity contribution is 6.30. The summed E-state index contributed by atoms with van der Waals surface area (Å²) in [7, 11) is 0. The molecule has 7 nitrogen and oxygen atoms in total. The Kier molecular flexibility index (Phi) is 6.18. The van der Waals surface area contributed by atoms with Crippen molar-refractivity contribution < 1.29 is 4.79 Å². The van der Waals surface area contributed by atoms with Crippen LogP contribution in [0.25, 0.3) is 11.2 Å². The van der Waals surface area contributed by atoms with Crippen molar-refractivity contribution in [2.45, 2.75) is 58.5 Å². The number of carbonyl (C=O) groups excluding carboxylic acids is 1. The van der Waals surface area contributed by atoms with Crippen LogP contribution in [0.5, 0.6) is 0 Å². The third-order valence-electron chi connectivity index (χ3n) is 5.68. The van der Waals surface area contributed by atoms with Gasteiger partial charge in [0.25, 0.3) is 0 Å². The van der Waals surface area contributed by atoms with Crippen molar-refractivity contribution in [1.29, 1.82) is 0 Å². The minimum Gasteiger partial charge on any atom is -0.353 e. The SMILES string of the molecule is CCn1cnc2c(Nc3cccc(Cl)c3)nc(CC3CCCCC3NC(C)=O)nc21. The van der Waals surface area contributed by atoms with Crippen LogP contribution in [0.1, 0.15) is 45.4 Å². The number of anilines is 2. The lowest BCUT2D eigenvalue weighted by Crippen LogP contribution is -2.42. The average Bonchev–Trinajstić information content (AvgIpc) is 3.12. The van der Waals surface area contributed by atoms with Gasteiger partial charge in [0.1, 0.15) is 5.82 Å². The number of rotatable bonds is 6. The largest absolute Gasteiger partial charge is 0.353 e. The Hall–Kier alpha value is -2.67. The second kappa shape index (κ2) is 9.00. The Labute approximate surface area is 181 Å². The quantitative estimate of drug-likeness (QED) is 0.607. The van der Waals surface area contributed by atoms with E-state index >= 15 is 0 Å². The Balaban J connectivity index is 1.68. The van der Waals surface area contributed by atoms with Crippen molar-refractivity contribution in [3.05, 3.63) is 41.4 Å². The molecule has 1 aliphatic carbocycles. The van der Waals surface area contributed by atoms with E-state index in [2.05, 4.69) is 22.5 Å². The van der Waals surface area contributed by atoms with Gasteiger partial charge in [-0.15, -0.1) is 0 Å². The number of nitrogens with zero attached hydrogens (tertiary/aromatic N) is 4. The number of nitrogens with one attached hydrogen (secondary N) is 2. The standard InChI is InChI=1S/C22H27ClN6O/c1-3-29-13-24-20-21(26-17-9-6-8-16(23)12-17)27-19(28-22(20)29)11-15-7-4-5-10-18(15)25-14(2)30/h6,8-9,12-13,15,18H,3-5,7,10-11H2,1-2H3,(H,25,30)(H,26,27,28). The third kappa shape index (κ3) is 4.56. The summed E-state index contributed by atoms with van der Waals surface area (Å²) in [6, 6.07) is 7.72. The van der Waals surface area contributed by atoms with Crippen molar-refractivity contribution in [3.63, 3.8) is 0 Å². The summed E-state index contributed by atoms with van der Waals surface area (Å²) < 4.78 is 2.02. The predicted molar refractivity (Wildman–Crippen MR) is 119 cm³/mol. The summed E-state index contributed by atoms with van der Waals surface area (Å²) in [5, 5.41) is 7.15. The number of hydrogen-bond acceptors (Lipinski definition) is 5. The van der Waals surface area contributed by atoms with Gasteiger partial charge in [0.05, 0.1) is 6.33 Å². The topological polar surface area (TPSA) is 84.7 Å². The monoisotopic (exact) mass is 426 g/mol. The van der Waals surface area contributed by atoms with Gasteiger partial charge in [-0.05, 0) is 43.9 Å². The number of benzene rings is 1. The highest BCUT2D eigenvalue weighted by Crippen LogP contribution is 2.29. The van der Waals surface area contributed by atoms with Crippen LogP contribution in [0, 0.1) is 5.92 Å². The maximum atomic E-state index is 11.6. The molecule has 1 saturated carbocycles. The molecule has 0 bridgehead atoms. The lowest BCUT2D eigenvalue weighted by molar-refractivity contribution is -0.120. The number of aryl methyl sites for hydroxylation is 1.